The molecule has 2 atom stereocenters. The molecule has 0 fully saturated rings. The first-order valence-electron chi connectivity index (χ1n) is 10.3. The van der Waals surface area contributed by atoms with E-state index in [4.69, 9.17) is 0 Å². The Balaban J connectivity index is 0. The molecule has 0 aliphatic carbocycles. The van der Waals surface area contributed by atoms with Gasteiger partial charge in [-0.2, -0.15) is 0 Å². The third-order valence-corrected chi connectivity index (χ3v) is 5.83. The summed E-state index contributed by atoms with van der Waals surface area (Å²) in [6, 6.07) is 0. The van der Waals surface area contributed by atoms with E-state index in [2.05, 4.69) is 36.9 Å². The summed E-state index contributed by atoms with van der Waals surface area (Å²) in [5, 5.41) is 0.413. The number of hydrogen-bond acceptors (Lipinski definition) is 0. The minimum Gasteiger partial charge on any atom is -0.131 e. The summed E-state index contributed by atoms with van der Waals surface area (Å²) in [5.74, 6) is 0.829. The second kappa shape index (κ2) is 17.7. The molecule has 2 unspecified atom stereocenters. The standard InChI is InChI=1S/C21H45P.BrH/c1-5-6-7-8-9-10-11-12-13-14-15-16-17-18-19-20(2)21(3,4)22;/h20H,5-19,22H2,1-4H3;1H. The highest BCUT2D eigenvalue weighted by molar-refractivity contribution is 8.93. The Morgan fingerprint density at radius 2 is 0.957 bits per heavy atom. The summed E-state index contributed by atoms with van der Waals surface area (Å²) in [7, 11) is 3.00. The largest absolute Gasteiger partial charge is 0.131 e. The molecule has 0 aliphatic heterocycles. The SMILES string of the molecule is Br.CCCCCCCCCCCCCCCCC(C)C(C)(C)P. The van der Waals surface area contributed by atoms with Crippen molar-refractivity contribution in [3.8, 4) is 0 Å². The van der Waals surface area contributed by atoms with E-state index in [9.17, 15) is 0 Å². The molecule has 0 aliphatic rings. The Hall–Kier alpha value is 0.910. The lowest BCUT2D eigenvalue weighted by atomic mass is 9.91. The van der Waals surface area contributed by atoms with Crippen LogP contribution in [0, 0.1) is 5.92 Å². The molecule has 0 aromatic heterocycles. The number of rotatable bonds is 16. The van der Waals surface area contributed by atoms with Gasteiger partial charge in [0.05, 0.1) is 0 Å². The average Bonchev–Trinajstić information content (AvgIpc) is 2.46. The summed E-state index contributed by atoms with van der Waals surface area (Å²) in [4.78, 5) is 0. The summed E-state index contributed by atoms with van der Waals surface area (Å²) >= 11 is 0. The molecule has 0 aromatic carbocycles. The van der Waals surface area contributed by atoms with Crippen LogP contribution in [0.25, 0.3) is 0 Å². The van der Waals surface area contributed by atoms with Crippen LogP contribution in [0.5, 0.6) is 0 Å². The minimum absolute atomic E-state index is 0. The molecule has 23 heavy (non-hydrogen) atoms. The summed E-state index contributed by atoms with van der Waals surface area (Å²) in [6.45, 7) is 9.37. The molecule has 142 valence electrons. The highest BCUT2D eigenvalue weighted by atomic mass is 79.9. The molecule has 0 amide bonds. The first-order chi connectivity index (χ1) is 10.5. The number of halogens is 1. The third kappa shape index (κ3) is 19.1. The van der Waals surface area contributed by atoms with Gasteiger partial charge in [-0.25, -0.2) is 0 Å². The zero-order valence-corrected chi connectivity index (χ0v) is 19.5. The Kier molecular flexibility index (Phi) is 20.1. The van der Waals surface area contributed by atoms with Crippen LogP contribution in [0.15, 0.2) is 0 Å². The molecule has 0 N–H and O–H groups in total. The zero-order chi connectivity index (χ0) is 16.7. The van der Waals surface area contributed by atoms with Gasteiger partial charge in [0.1, 0.15) is 0 Å². The quantitative estimate of drug-likeness (QED) is 0.177. The van der Waals surface area contributed by atoms with E-state index in [-0.39, 0.29) is 17.0 Å². The van der Waals surface area contributed by atoms with Gasteiger partial charge in [-0.3, -0.25) is 0 Å². The molecule has 0 nitrogen and oxygen atoms in total. The van der Waals surface area contributed by atoms with Gasteiger partial charge in [0.25, 0.3) is 0 Å². The lowest BCUT2D eigenvalue weighted by Gasteiger charge is -2.26. The topological polar surface area (TPSA) is 0 Å². The second-order valence-electron chi connectivity index (χ2n) is 8.11. The van der Waals surface area contributed by atoms with Gasteiger partial charge in [0, 0.05) is 0 Å². The molecule has 0 saturated heterocycles. The van der Waals surface area contributed by atoms with Crippen molar-refractivity contribution in [2.45, 2.75) is 129 Å². The Bertz CT molecular complexity index is 222. The molecule has 0 aromatic rings. The molecular weight excluding hydrogens is 363 g/mol. The van der Waals surface area contributed by atoms with Crippen LogP contribution in [-0.4, -0.2) is 5.16 Å². The predicted octanol–water partition coefficient (Wildman–Crippen LogP) is 8.73. The van der Waals surface area contributed by atoms with Crippen molar-refractivity contribution >= 4 is 26.2 Å². The third-order valence-electron chi connectivity index (χ3n) is 5.26. The Morgan fingerprint density at radius 1 is 0.652 bits per heavy atom. The van der Waals surface area contributed by atoms with Crippen LogP contribution < -0.4 is 0 Å². The minimum atomic E-state index is 0. The highest BCUT2D eigenvalue weighted by Crippen LogP contribution is 2.30. The monoisotopic (exact) mass is 408 g/mol. The molecular formula is C21H46BrP. The van der Waals surface area contributed by atoms with Gasteiger partial charge in [0.2, 0.25) is 0 Å². The average molecular weight is 409 g/mol. The van der Waals surface area contributed by atoms with Gasteiger partial charge in [-0.15, -0.1) is 26.2 Å². The van der Waals surface area contributed by atoms with E-state index < -0.39 is 0 Å². The van der Waals surface area contributed by atoms with Crippen LogP contribution >= 0.6 is 26.2 Å². The van der Waals surface area contributed by atoms with Crippen molar-refractivity contribution < 1.29 is 0 Å². The van der Waals surface area contributed by atoms with Gasteiger partial charge < -0.3 is 0 Å². The highest BCUT2D eigenvalue weighted by Gasteiger charge is 2.19. The fraction of sp³-hybridized carbons (Fsp3) is 1.00. The van der Waals surface area contributed by atoms with E-state index >= 15 is 0 Å². The summed E-state index contributed by atoms with van der Waals surface area (Å²) < 4.78 is 0. The molecule has 0 radical (unpaired) electrons. The first kappa shape index (κ1) is 26.1. The van der Waals surface area contributed by atoms with Crippen LogP contribution in [0.1, 0.15) is 124 Å². The molecule has 0 bridgehead atoms. The van der Waals surface area contributed by atoms with Gasteiger partial charge in [-0.1, -0.05) is 118 Å². The van der Waals surface area contributed by atoms with Crippen molar-refractivity contribution in [1.29, 1.82) is 0 Å². The lowest BCUT2D eigenvalue weighted by molar-refractivity contribution is 0.406. The van der Waals surface area contributed by atoms with E-state index in [1.165, 1.54) is 96.3 Å². The van der Waals surface area contributed by atoms with Gasteiger partial charge in [0.15, 0.2) is 0 Å². The maximum Gasteiger partial charge on any atom is -0.0181 e. The molecule has 0 heterocycles. The van der Waals surface area contributed by atoms with Gasteiger partial charge >= 0.3 is 0 Å². The maximum atomic E-state index is 3.00. The number of hydrogen-bond donors (Lipinski definition) is 0. The maximum absolute atomic E-state index is 3.00. The molecule has 0 saturated carbocycles. The Labute approximate surface area is 161 Å². The zero-order valence-electron chi connectivity index (χ0n) is 16.7. The fourth-order valence-corrected chi connectivity index (χ4v) is 3.18. The van der Waals surface area contributed by atoms with E-state index in [0.717, 1.165) is 5.92 Å². The Morgan fingerprint density at radius 3 is 1.26 bits per heavy atom. The van der Waals surface area contributed by atoms with E-state index in [0.29, 0.717) is 5.16 Å². The normalized spacial score (nSPS) is 12.9. The summed E-state index contributed by atoms with van der Waals surface area (Å²) in [6.07, 6.45) is 21.8. The van der Waals surface area contributed by atoms with E-state index in [1.54, 1.807) is 0 Å². The van der Waals surface area contributed by atoms with Crippen LogP contribution in [0.4, 0.5) is 0 Å². The van der Waals surface area contributed by atoms with Crippen LogP contribution in [0.2, 0.25) is 0 Å². The second-order valence-corrected chi connectivity index (χ2v) is 9.60. The van der Waals surface area contributed by atoms with Crippen LogP contribution in [-0.2, 0) is 0 Å². The predicted molar refractivity (Wildman–Crippen MR) is 118 cm³/mol. The van der Waals surface area contributed by atoms with Crippen molar-refractivity contribution in [3.63, 3.8) is 0 Å². The van der Waals surface area contributed by atoms with Crippen molar-refractivity contribution in [2.75, 3.05) is 0 Å². The van der Waals surface area contributed by atoms with E-state index in [1.807, 2.05) is 0 Å². The van der Waals surface area contributed by atoms with Crippen molar-refractivity contribution in [3.05, 3.63) is 0 Å². The van der Waals surface area contributed by atoms with Crippen molar-refractivity contribution in [2.24, 2.45) is 5.92 Å². The lowest BCUT2D eigenvalue weighted by Crippen LogP contribution is -2.20. The fourth-order valence-electron chi connectivity index (χ4n) is 3.02. The van der Waals surface area contributed by atoms with Crippen LogP contribution in [0.3, 0.4) is 0 Å². The summed E-state index contributed by atoms with van der Waals surface area (Å²) in [5.41, 5.74) is 0. The number of unbranched alkanes of at least 4 members (excludes halogenated alkanes) is 13. The first-order valence-corrected chi connectivity index (χ1v) is 10.8. The smallest absolute Gasteiger partial charge is 0.0181 e. The van der Waals surface area contributed by atoms with Crippen molar-refractivity contribution in [1.82, 2.24) is 0 Å². The molecule has 0 spiro atoms. The molecule has 2 heteroatoms. The molecule has 0 rings (SSSR count). The van der Waals surface area contributed by atoms with Gasteiger partial charge in [-0.05, 0) is 17.5 Å².